The van der Waals surface area contributed by atoms with Gasteiger partial charge in [-0.05, 0) is 38.1 Å². The molecule has 0 amide bonds. The van der Waals surface area contributed by atoms with Crippen molar-refractivity contribution in [3.63, 3.8) is 0 Å². The van der Waals surface area contributed by atoms with Gasteiger partial charge in [-0.25, -0.2) is 9.50 Å². The molecule has 0 aromatic carbocycles. The molecule has 96 valence electrons. The fourth-order valence-corrected chi connectivity index (χ4v) is 2.68. The maximum Gasteiger partial charge on any atom is 0.165 e. The molecular formula is C13H17ClN4. The topological polar surface area (TPSA) is 33.4 Å². The number of hydrogen-bond acceptors (Lipinski definition) is 3. The molecule has 1 aliphatic rings. The third kappa shape index (κ3) is 2.49. The van der Waals surface area contributed by atoms with Crippen molar-refractivity contribution in [1.29, 1.82) is 0 Å². The quantitative estimate of drug-likeness (QED) is 0.782. The highest BCUT2D eigenvalue weighted by molar-refractivity contribution is 6.29. The number of halogens is 1. The number of pyridine rings is 1. The number of likely N-dealkylation sites (tertiary alicyclic amines) is 1. The fraction of sp³-hybridized carbons (Fsp3) is 0.538. The van der Waals surface area contributed by atoms with E-state index in [9.17, 15) is 0 Å². The van der Waals surface area contributed by atoms with E-state index in [1.165, 1.54) is 25.7 Å². The Labute approximate surface area is 112 Å². The van der Waals surface area contributed by atoms with Crippen molar-refractivity contribution in [2.75, 3.05) is 13.1 Å². The number of hydrogen-bond donors (Lipinski definition) is 0. The van der Waals surface area contributed by atoms with E-state index in [4.69, 9.17) is 11.6 Å². The van der Waals surface area contributed by atoms with Crippen LogP contribution in [-0.2, 0) is 6.54 Å². The van der Waals surface area contributed by atoms with Crippen molar-refractivity contribution in [1.82, 2.24) is 19.5 Å². The third-order valence-corrected chi connectivity index (χ3v) is 3.71. The van der Waals surface area contributed by atoms with Crippen molar-refractivity contribution < 1.29 is 0 Å². The second-order valence-electron chi connectivity index (χ2n) is 4.84. The molecule has 3 heterocycles. The number of nitrogens with zero attached hydrogens (tertiary/aromatic N) is 4. The van der Waals surface area contributed by atoms with Gasteiger partial charge in [0.25, 0.3) is 0 Å². The van der Waals surface area contributed by atoms with Crippen LogP contribution in [0.1, 0.15) is 31.5 Å². The summed E-state index contributed by atoms with van der Waals surface area (Å²) < 4.78 is 1.70. The largest absolute Gasteiger partial charge is 0.296 e. The zero-order valence-electron chi connectivity index (χ0n) is 10.3. The summed E-state index contributed by atoms with van der Waals surface area (Å²) in [6, 6.07) is 5.67. The molecule has 0 radical (unpaired) electrons. The average molecular weight is 265 g/mol. The Morgan fingerprint density at radius 1 is 1.11 bits per heavy atom. The van der Waals surface area contributed by atoms with Gasteiger partial charge in [0, 0.05) is 0 Å². The van der Waals surface area contributed by atoms with Crippen LogP contribution in [0.15, 0.2) is 18.2 Å². The summed E-state index contributed by atoms with van der Waals surface area (Å²) in [6.45, 7) is 3.14. The molecule has 0 unspecified atom stereocenters. The molecule has 0 N–H and O–H groups in total. The molecule has 3 rings (SSSR count). The number of fused-ring (bicyclic) bond motifs is 1. The monoisotopic (exact) mass is 264 g/mol. The zero-order chi connectivity index (χ0) is 12.4. The van der Waals surface area contributed by atoms with E-state index in [2.05, 4.69) is 15.0 Å². The van der Waals surface area contributed by atoms with E-state index >= 15 is 0 Å². The summed E-state index contributed by atoms with van der Waals surface area (Å²) in [5.74, 6) is 0.866. The maximum absolute atomic E-state index is 6.09. The summed E-state index contributed by atoms with van der Waals surface area (Å²) in [7, 11) is 0. The Bertz CT molecular complexity index is 529. The first kappa shape index (κ1) is 11.9. The molecule has 1 fully saturated rings. The molecule has 18 heavy (non-hydrogen) atoms. The summed E-state index contributed by atoms with van der Waals surface area (Å²) in [5.41, 5.74) is 0.826. The molecule has 0 spiro atoms. The summed E-state index contributed by atoms with van der Waals surface area (Å²) >= 11 is 6.09. The Kier molecular flexibility index (Phi) is 3.48. The van der Waals surface area contributed by atoms with Crippen molar-refractivity contribution >= 4 is 17.2 Å². The van der Waals surface area contributed by atoms with E-state index in [-0.39, 0.29) is 0 Å². The highest BCUT2D eigenvalue weighted by atomic mass is 35.5. The highest BCUT2D eigenvalue weighted by Gasteiger charge is 2.13. The van der Waals surface area contributed by atoms with E-state index in [1.807, 2.05) is 18.2 Å². The minimum Gasteiger partial charge on any atom is -0.296 e. The summed E-state index contributed by atoms with van der Waals surface area (Å²) in [4.78, 5) is 6.96. The first-order chi connectivity index (χ1) is 8.83. The lowest BCUT2D eigenvalue weighted by atomic mass is 10.2. The van der Waals surface area contributed by atoms with Crippen molar-refractivity contribution in [2.24, 2.45) is 0 Å². The third-order valence-electron chi connectivity index (χ3n) is 3.42. The summed E-state index contributed by atoms with van der Waals surface area (Å²) in [6.07, 6.45) is 5.27. The Morgan fingerprint density at radius 2 is 1.89 bits per heavy atom. The van der Waals surface area contributed by atoms with Gasteiger partial charge in [-0.1, -0.05) is 30.5 Å². The van der Waals surface area contributed by atoms with Gasteiger partial charge in [0.1, 0.15) is 5.15 Å². The minimum atomic E-state index is 0.613. The second-order valence-corrected chi connectivity index (χ2v) is 5.22. The molecular weight excluding hydrogens is 248 g/mol. The van der Waals surface area contributed by atoms with Crippen molar-refractivity contribution in [3.8, 4) is 0 Å². The van der Waals surface area contributed by atoms with Crippen LogP contribution in [0.25, 0.3) is 5.65 Å². The van der Waals surface area contributed by atoms with Gasteiger partial charge in [-0.3, -0.25) is 4.90 Å². The molecule has 5 heteroatoms. The maximum atomic E-state index is 6.09. The van der Waals surface area contributed by atoms with Crippen LogP contribution >= 0.6 is 11.6 Å². The van der Waals surface area contributed by atoms with Crippen LogP contribution in [0.5, 0.6) is 0 Å². The normalized spacial score (nSPS) is 18.1. The molecule has 1 aliphatic heterocycles. The van der Waals surface area contributed by atoms with Crippen molar-refractivity contribution in [3.05, 3.63) is 29.2 Å². The molecule has 0 atom stereocenters. The standard InChI is InChI=1S/C13H17ClN4/c14-11-6-5-7-13-15-12(16-18(11)13)10-17-8-3-1-2-4-9-17/h5-7H,1-4,8-10H2. The Morgan fingerprint density at radius 3 is 2.61 bits per heavy atom. The van der Waals surface area contributed by atoms with Gasteiger partial charge >= 0.3 is 0 Å². The molecule has 0 bridgehead atoms. The van der Waals surface area contributed by atoms with Crippen LogP contribution in [0.3, 0.4) is 0 Å². The first-order valence-electron chi connectivity index (χ1n) is 6.55. The molecule has 2 aromatic heterocycles. The van der Waals surface area contributed by atoms with E-state index in [1.54, 1.807) is 4.52 Å². The fourth-order valence-electron chi connectivity index (χ4n) is 2.48. The van der Waals surface area contributed by atoms with Gasteiger partial charge in [0.05, 0.1) is 6.54 Å². The van der Waals surface area contributed by atoms with Crippen LogP contribution < -0.4 is 0 Å². The second kappa shape index (κ2) is 5.24. The Balaban J connectivity index is 1.79. The van der Waals surface area contributed by atoms with E-state index < -0.39 is 0 Å². The van der Waals surface area contributed by atoms with Crippen molar-refractivity contribution in [2.45, 2.75) is 32.2 Å². The lowest BCUT2D eigenvalue weighted by Gasteiger charge is -2.17. The molecule has 4 nitrogen and oxygen atoms in total. The van der Waals surface area contributed by atoms with Crippen LogP contribution in [0.2, 0.25) is 5.15 Å². The van der Waals surface area contributed by atoms with Crippen LogP contribution in [0, 0.1) is 0 Å². The lowest BCUT2D eigenvalue weighted by molar-refractivity contribution is 0.270. The van der Waals surface area contributed by atoms with Gasteiger partial charge in [0.15, 0.2) is 11.5 Å². The molecule has 2 aromatic rings. The molecule has 0 saturated carbocycles. The van der Waals surface area contributed by atoms with Crippen LogP contribution in [0.4, 0.5) is 0 Å². The molecule has 0 aliphatic carbocycles. The predicted octanol–water partition coefficient (Wildman–Crippen LogP) is 2.76. The Hall–Kier alpha value is -1.13. The number of rotatable bonds is 2. The van der Waals surface area contributed by atoms with Gasteiger partial charge in [-0.15, -0.1) is 5.10 Å². The van der Waals surface area contributed by atoms with Gasteiger partial charge in [0.2, 0.25) is 0 Å². The minimum absolute atomic E-state index is 0.613. The van der Waals surface area contributed by atoms with Gasteiger partial charge < -0.3 is 0 Å². The summed E-state index contributed by atoms with van der Waals surface area (Å²) in [5, 5.41) is 5.08. The first-order valence-corrected chi connectivity index (χ1v) is 6.93. The smallest absolute Gasteiger partial charge is 0.165 e. The highest BCUT2D eigenvalue weighted by Crippen LogP contribution is 2.14. The molecule has 1 saturated heterocycles. The van der Waals surface area contributed by atoms with Gasteiger partial charge in [-0.2, -0.15) is 0 Å². The zero-order valence-corrected chi connectivity index (χ0v) is 11.1. The predicted molar refractivity (Wildman–Crippen MR) is 71.7 cm³/mol. The number of aromatic nitrogens is 3. The van der Waals surface area contributed by atoms with Crippen LogP contribution in [-0.4, -0.2) is 32.6 Å². The lowest BCUT2D eigenvalue weighted by Crippen LogP contribution is -2.24. The average Bonchev–Trinajstić information content (AvgIpc) is 2.60. The SMILES string of the molecule is Clc1cccc2nc(CN3CCCCCC3)nn12. The van der Waals surface area contributed by atoms with E-state index in [0.29, 0.717) is 5.15 Å². The van der Waals surface area contributed by atoms with E-state index in [0.717, 1.165) is 31.1 Å².